The zero-order valence-electron chi connectivity index (χ0n) is 16.8. The Morgan fingerprint density at radius 2 is 0.647 bits per heavy atom. The molecule has 0 fully saturated rings. The maximum absolute atomic E-state index is 10.3. The summed E-state index contributed by atoms with van der Waals surface area (Å²) in [5.74, 6) is -6.87. The van der Waals surface area contributed by atoms with Gasteiger partial charge in [0.25, 0.3) is 0 Å². The smallest absolute Gasteiger partial charge is 0.339 e. The van der Waals surface area contributed by atoms with Gasteiger partial charge in [0.05, 0.1) is 0 Å². The van der Waals surface area contributed by atoms with Gasteiger partial charge in [-0.1, -0.05) is 18.2 Å². The molecule has 0 bridgehead atoms. The van der Waals surface area contributed by atoms with E-state index >= 15 is 0 Å². The van der Waals surface area contributed by atoms with Crippen molar-refractivity contribution in [1.82, 2.24) is 0 Å². The van der Waals surface area contributed by atoms with Crippen molar-refractivity contribution in [2.45, 2.75) is 0 Å². The van der Waals surface area contributed by atoms with E-state index in [0.29, 0.717) is 0 Å². The molecule has 9 N–H and O–H groups in total. The number of carboxylic acids is 3. The molecule has 0 heterocycles. The number of rotatable bonds is 3. The maximum Gasteiger partial charge on any atom is 0.339 e. The molecule has 182 valence electrons. The Labute approximate surface area is 201 Å². The maximum atomic E-state index is 10.3. The molecule has 13 heteroatoms. The Balaban J connectivity index is 0.000000473. The average molecular weight is 518 g/mol. The van der Waals surface area contributed by atoms with Crippen molar-refractivity contribution in [3.8, 4) is 34.5 Å². The van der Waals surface area contributed by atoms with E-state index in [1.54, 1.807) is 0 Å². The van der Waals surface area contributed by atoms with Crippen LogP contribution in [0.3, 0.4) is 0 Å². The van der Waals surface area contributed by atoms with E-state index < -0.39 is 52.4 Å². The van der Waals surface area contributed by atoms with Gasteiger partial charge in [0, 0.05) is 17.1 Å². The van der Waals surface area contributed by atoms with Gasteiger partial charge < -0.3 is 46.0 Å². The number of hydrogen-bond donors (Lipinski definition) is 9. The summed E-state index contributed by atoms with van der Waals surface area (Å²) in [5, 5.41) is 78.6. The number of carbonyl (C=O) groups is 3. The second-order valence-corrected chi connectivity index (χ2v) is 5.94. The molecule has 0 amide bonds. The Bertz CT molecular complexity index is 1030. The molecule has 3 aromatic carbocycles. The van der Waals surface area contributed by atoms with Crippen molar-refractivity contribution in [2.24, 2.45) is 0 Å². The van der Waals surface area contributed by atoms with E-state index in [2.05, 4.69) is 0 Å². The van der Waals surface area contributed by atoms with Crippen molar-refractivity contribution < 1.29 is 77.4 Å². The molecule has 0 aliphatic heterocycles. The zero-order valence-corrected chi connectivity index (χ0v) is 17.9. The molecule has 0 unspecified atom stereocenters. The molecule has 34 heavy (non-hydrogen) atoms. The van der Waals surface area contributed by atoms with E-state index in [9.17, 15) is 14.4 Å². The Kier molecular flexibility index (Phi) is 11.3. The Hall–Kier alpha value is -4.61. The Morgan fingerprint density at radius 1 is 0.441 bits per heavy atom. The molecule has 0 atom stereocenters. The van der Waals surface area contributed by atoms with Crippen LogP contribution in [0, 0.1) is 0 Å². The summed E-state index contributed by atoms with van der Waals surface area (Å²) in [6.45, 7) is 0. The van der Waals surface area contributed by atoms with Crippen LogP contribution in [-0.2, 0) is 17.1 Å². The van der Waals surface area contributed by atoms with Gasteiger partial charge in [-0.15, -0.1) is 0 Å². The van der Waals surface area contributed by atoms with Crippen molar-refractivity contribution >= 4 is 17.9 Å². The minimum Gasteiger partial charge on any atom is -0.504 e. The van der Waals surface area contributed by atoms with Gasteiger partial charge >= 0.3 is 17.9 Å². The molecule has 0 saturated carbocycles. The topological polar surface area (TPSA) is 233 Å². The second-order valence-electron chi connectivity index (χ2n) is 5.94. The summed E-state index contributed by atoms with van der Waals surface area (Å²) in [4.78, 5) is 30.9. The van der Waals surface area contributed by atoms with Crippen LogP contribution in [0.25, 0.3) is 0 Å². The summed E-state index contributed by atoms with van der Waals surface area (Å²) in [6.07, 6.45) is 0. The third-order valence-electron chi connectivity index (χ3n) is 3.74. The number of phenols is 6. The van der Waals surface area contributed by atoms with Crippen LogP contribution in [0.2, 0.25) is 0 Å². The summed E-state index contributed by atoms with van der Waals surface area (Å²) in [7, 11) is 0. The molecular formula is C21H18FeO12. The van der Waals surface area contributed by atoms with Crippen molar-refractivity contribution in [3.05, 3.63) is 71.3 Å². The number of carboxylic acid groups (broad SMARTS) is 3. The van der Waals surface area contributed by atoms with Crippen LogP contribution < -0.4 is 0 Å². The molecule has 0 aromatic heterocycles. The SMILES string of the molecule is O=C(O)c1cccc(O)c1O.O=C(O)c1cccc(O)c1O.O=C(O)c1cccc(O)c1O.[Fe]. The normalized spacial score (nSPS) is 9.18. The van der Waals surface area contributed by atoms with Crippen LogP contribution >= 0.6 is 0 Å². The third kappa shape index (κ3) is 7.82. The fourth-order valence-corrected chi connectivity index (χ4v) is 2.11. The summed E-state index contributed by atoms with van der Waals surface area (Å²) in [6, 6.07) is 11.3. The van der Waals surface area contributed by atoms with Gasteiger partial charge in [-0.25, -0.2) is 14.4 Å². The molecule has 3 aromatic rings. The summed E-state index contributed by atoms with van der Waals surface area (Å²) in [5.41, 5.74) is -0.903. The molecule has 0 saturated heterocycles. The van der Waals surface area contributed by atoms with E-state index in [4.69, 9.17) is 46.0 Å². The zero-order chi connectivity index (χ0) is 25.3. The van der Waals surface area contributed by atoms with Crippen LogP contribution in [0.15, 0.2) is 54.6 Å². The minimum absolute atomic E-state index is 0. The van der Waals surface area contributed by atoms with Gasteiger partial charge in [-0.05, 0) is 36.4 Å². The number of benzene rings is 3. The molecule has 0 radical (unpaired) electrons. The van der Waals surface area contributed by atoms with Crippen LogP contribution in [0.5, 0.6) is 34.5 Å². The van der Waals surface area contributed by atoms with Crippen molar-refractivity contribution in [1.29, 1.82) is 0 Å². The van der Waals surface area contributed by atoms with Gasteiger partial charge in [0.15, 0.2) is 34.5 Å². The number of para-hydroxylation sites is 3. The van der Waals surface area contributed by atoms with E-state index in [1.165, 1.54) is 54.6 Å². The predicted molar refractivity (Wildman–Crippen MR) is 110 cm³/mol. The van der Waals surface area contributed by atoms with Crippen molar-refractivity contribution in [3.63, 3.8) is 0 Å². The molecule has 12 nitrogen and oxygen atoms in total. The molecular weight excluding hydrogens is 500 g/mol. The average Bonchev–Trinajstić information content (AvgIpc) is 2.74. The predicted octanol–water partition coefficient (Wildman–Crippen LogP) is 2.39. The number of hydrogen-bond acceptors (Lipinski definition) is 9. The van der Waals surface area contributed by atoms with Crippen LogP contribution in [-0.4, -0.2) is 63.9 Å². The standard InChI is InChI=1S/3C7H6O4.Fe/c3*8-5-3-1-2-4(6(5)9)7(10)11;/h3*1-3,8-9H,(H,10,11);. The quantitative estimate of drug-likeness (QED) is 0.180. The first-order valence-corrected chi connectivity index (χ1v) is 8.61. The van der Waals surface area contributed by atoms with Crippen LogP contribution in [0.1, 0.15) is 31.1 Å². The fourth-order valence-electron chi connectivity index (χ4n) is 2.11. The van der Waals surface area contributed by atoms with Gasteiger partial charge in [-0.2, -0.15) is 0 Å². The number of aromatic carboxylic acids is 3. The third-order valence-corrected chi connectivity index (χ3v) is 3.74. The first kappa shape index (κ1) is 29.4. The van der Waals surface area contributed by atoms with E-state index in [1.807, 2.05) is 0 Å². The van der Waals surface area contributed by atoms with E-state index in [0.717, 1.165) is 0 Å². The molecule has 0 aliphatic rings. The van der Waals surface area contributed by atoms with Gasteiger partial charge in [-0.3, -0.25) is 0 Å². The second kappa shape index (κ2) is 13.1. The van der Waals surface area contributed by atoms with Gasteiger partial charge in [0.2, 0.25) is 0 Å². The number of aromatic hydroxyl groups is 6. The Morgan fingerprint density at radius 3 is 0.794 bits per heavy atom. The first-order chi connectivity index (χ1) is 15.4. The van der Waals surface area contributed by atoms with Crippen molar-refractivity contribution in [2.75, 3.05) is 0 Å². The molecule has 0 spiro atoms. The minimum atomic E-state index is -1.27. The molecule has 3 rings (SSSR count). The largest absolute Gasteiger partial charge is 0.504 e. The van der Waals surface area contributed by atoms with Crippen LogP contribution in [0.4, 0.5) is 0 Å². The number of phenolic OH excluding ortho intramolecular Hbond substituents is 3. The fraction of sp³-hybridized carbons (Fsp3) is 0. The molecule has 0 aliphatic carbocycles. The van der Waals surface area contributed by atoms with E-state index in [-0.39, 0.29) is 33.8 Å². The first-order valence-electron chi connectivity index (χ1n) is 8.61. The van der Waals surface area contributed by atoms with Gasteiger partial charge in [0.1, 0.15) is 16.7 Å². The summed E-state index contributed by atoms with van der Waals surface area (Å²) >= 11 is 0. The monoisotopic (exact) mass is 518 g/mol. The summed E-state index contributed by atoms with van der Waals surface area (Å²) < 4.78 is 0.